The third kappa shape index (κ3) is 5.46. The highest BCUT2D eigenvalue weighted by Crippen LogP contribution is 2.24. The van der Waals surface area contributed by atoms with E-state index >= 15 is 0 Å². The van der Waals surface area contributed by atoms with E-state index < -0.39 is 0 Å². The topological polar surface area (TPSA) is 45.1 Å². The van der Waals surface area contributed by atoms with Gasteiger partial charge in [0.1, 0.15) is 0 Å². The van der Waals surface area contributed by atoms with Crippen molar-refractivity contribution in [2.45, 2.75) is 52.6 Å². The molecule has 1 aromatic rings. The molecule has 1 rings (SSSR count). The van der Waals surface area contributed by atoms with Crippen LogP contribution in [-0.4, -0.2) is 29.3 Å². The summed E-state index contributed by atoms with van der Waals surface area (Å²) in [5.74, 6) is 0.615. The van der Waals surface area contributed by atoms with Gasteiger partial charge in [-0.05, 0) is 12.5 Å². The van der Waals surface area contributed by atoms with Gasteiger partial charge >= 0.3 is 0 Å². The van der Waals surface area contributed by atoms with Crippen molar-refractivity contribution >= 4 is 11.3 Å². The van der Waals surface area contributed by atoms with Gasteiger partial charge in [-0.2, -0.15) is 0 Å². The third-order valence-corrected chi connectivity index (χ3v) is 3.53. The molecule has 0 aliphatic carbocycles. The van der Waals surface area contributed by atoms with Gasteiger partial charge in [-0.25, -0.2) is 4.98 Å². The molecule has 1 unspecified atom stereocenters. The summed E-state index contributed by atoms with van der Waals surface area (Å²) in [5.41, 5.74) is 1.21. The molecule has 0 radical (unpaired) electrons. The molecule has 0 amide bonds. The molecule has 1 atom stereocenters. The van der Waals surface area contributed by atoms with E-state index in [0.29, 0.717) is 18.9 Å². The van der Waals surface area contributed by atoms with E-state index in [1.54, 1.807) is 11.3 Å². The van der Waals surface area contributed by atoms with Crippen molar-refractivity contribution < 1.29 is 5.11 Å². The van der Waals surface area contributed by atoms with Crippen LogP contribution in [0.2, 0.25) is 0 Å². The number of nitrogens with one attached hydrogen (secondary N) is 1. The predicted molar refractivity (Wildman–Crippen MR) is 78.2 cm³/mol. The van der Waals surface area contributed by atoms with Gasteiger partial charge in [-0.3, -0.25) is 0 Å². The van der Waals surface area contributed by atoms with Crippen LogP contribution in [-0.2, 0) is 11.8 Å². The van der Waals surface area contributed by atoms with E-state index in [1.165, 1.54) is 0 Å². The number of aromatic nitrogens is 1. The number of aliphatic hydroxyl groups excluding tert-OH is 1. The van der Waals surface area contributed by atoms with E-state index in [1.807, 2.05) is 0 Å². The lowest BCUT2D eigenvalue weighted by Gasteiger charge is -2.14. The molecule has 0 bridgehead atoms. The zero-order chi connectivity index (χ0) is 13.8. The Morgan fingerprint density at radius 2 is 2.00 bits per heavy atom. The standard InChI is InChI=1S/C14H26N2OS/c1-10(2)7-15-8-11(17)6-13-16-12(9-18-13)14(3,4)5/h9-11,15,17H,6-8H2,1-5H3. The van der Waals surface area contributed by atoms with Crippen LogP contribution in [0.3, 0.4) is 0 Å². The van der Waals surface area contributed by atoms with Gasteiger partial charge < -0.3 is 10.4 Å². The summed E-state index contributed by atoms with van der Waals surface area (Å²) in [6, 6.07) is 0. The Labute approximate surface area is 115 Å². The highest BCUT2D eigenvalue weighted by atomic mass is 32.1. The van der Waals surface area contributed by atoms with Crippen molar-refractivity contribution in [1.29, 1.82) is 0 Å². The first-order chi connectivity index (χ1) is 8.29. The number of aliphatic hydroxyl groups is 1. The fourth-order valence-electron chi connectivity index (χ4n) is 1.56. The fourth-order valence-corrected chi connectivity index (χ4v) is 2.66. The van der Waals surface area contributed by atoms with Crippen LogP contribution < -0.4 is 5.32 Å². The summed E-state index contributed by atoms with van der Waals surface area (Å²) in [4.78, 5) is 4.60. The van der Waals surface area contributed by atoms with Gasteiger partial charge in [0.2, 0.25) is 0 Å². The zero-order valence-electron chi connectivity index (χ0n) is 12.2. The van der Waals surface area contributed by atoms with Crippen LogP contribution in [0, 0.1) is 5.92 Å². The molecule has 3 nitrogen and oxygen atoms in total. The highest BCUT2D eigenvalue weighted by Gasteiger charge is 2.18. The van der Waals surface area contributed by atoms with Crippen molar-refractivity contribution in [2.24, 2.45) is 5.92 Å². The lowest BCUT2D eigenvalue weighted by atomic mass is 9.93. The molecule has 0 aliphatic rings. The molecule has 0 fully saturated rings. The van der Waals surface area contributed by atoms with Crippen molar-refractivity contribution in [1.82, 2.24) is 10.3 Å². The van der Waals surface area contributed by atoms with Gasteiger partial charge in [0.25, 0.3) is 0 Å². The van der Waals surface area contributed by atoms with Crippen molar-refractivity contribution in [3.8, 4) is 0 Å². The average molecular weight is 270 g/mol. The summed E-state index contributed by atoms with van der Waals surface area (Å²) in [6.07, 6.45) is 0.300. The number of hydrogen-bond acceptors (Lipinski definition) is 4. The molecule has 2 N–H and O–H groups in total. The molecule has 0 saturated carbocycles. The van der Waals surface area contributed by atoms with Gasteiger partial charge in [0, 0.05) is 23.8 Å². The Balaban J connectivity index is 2.40. The second-order valence-electron chi connectivity index (χ2n) is 6.29. The molecule has 4 heteroatoms. The number of rotatable bonds is 6. The van der Waals surface area contributed by atoms with E-state index in [-0.39, 0.29) is 11.5 Å². The van der Waals surface area contributed by atoms with Gasteiger partial charge in [0.15, 0.2) is 0 Å². The second kappa shape index (κ2) is 6.64. The number of hydrogen-bond donors (Lipinski definition) is 2. The maximum Gasteiger partial charge on any atom is 0.0954 e. The lowest BCUT2D eigenvalue weighted by Crippen LogP contribution is -2.30. The smallest absolute Gasteiger partial charge is 0.0954 e. The number of thiazole rings is 1. The third-order valence-electron chi connectivity index (χ3n) is 2.66. The molecule has 1 aromatic heterocycles. The van der Waals surface area contributed by atoms with Crippen LogP contribution in [0.5, 0.6) is 0 Å². The van der Waals surface area contributed by atoms with E-state index in [4.69, 9.17) is 0 Å². The Hall–Kier alpha value is -0.450. The molecule has 1 heterocycles. The normalized spacial score (nSPS) is 14.2. The molecule has 0 spiro atoms. The van der Waals surface area contributed by atoms with Crippen LogP contribution in [0.15, 0.2) is 5.38 Å². The summed E-state index contributed by atoms with van der Waals surface area (Å²) < 4.78 is 0. The molecule has 0 aliphatic heterocycles. The van der Waals surface area contributed by atoms with Crippen LogP contribution >= 0.6 is 11.3 Å². The quantitative estimate of drug-likeness (QED) is 0.835. The maximum atomic E-state index is 9.93. The summed E-state index contributed by atoms with van der Waals surface area (Å²) >= 11 is 1.65. The molecular formula is C14H26N2OS. The van der Waals surface area contributed by atoms with Crippen molar-refractivity contribution in [3.05, 3.63) is 16.1 Å². The first-order valence-electron chi connectivity index (χ1n) is 6.62. The van der Waals surface area contributed by atoms with E-state index in [9.17, 15) is 5.11 Å². The van der Waals surface area contributed by atoms with Crippen molar-refractivity contribution in [2.75, 3.05) is 13.1 Å². The first-order valence-corrected chi connectivity index (χ1v) is 7.50. The summed E-state index contributed by atoms with van der Waals surface area (Å²) in [7, 11) is 0. The van der Waals surface area contributed by atoms with Crippen LogP contribution in [0.4, 0.5) is 0 Å². The average Bonchev–Trinajstić information content (AvgIpc) is 2.64. The Bertz CT molecular complexity index is 355. The number of nitrogens with zero attached hydrogens (tertiary/aromatic N) is 1. The monoisotopic (exact) mass is 270 g/mol. The lowest BCUT2D eigenvalue weighted by molar-refractivity contribution is 0.170. The van der Waals surface area contributed by atoms with Gasteiger partial charge in [-0.1, -0.05) is 34.6 Å². The minimum absolute atomic E-state index is 0.0929. The maximum absolute atomic E-state index is 9.93. The SMILES string of the molecule is CC(C)CNCC(O)Cc1nc(C(C)(C)C)cs1. The van der Waals surface area contributed by atoms with E-state index in [2.05, 4.69) is 50.3 Å². The molecule has 0 aromatic carbocycles. The first kappa shape index (κ1) is 15.6. The Morgan fingerprint density at radius 1 is 1.33 bits per heavy atom. The Kier molecular flexibility index (Phi) is 5.76. The summed E-state index contributed by atoms with van der Waals surface area (Å²) in [6.45, 7) is 12.4. The zero-order valence-corrected chi connectivity index (χ0v) is 13.0. The molecule has 18 heavy (non-hydrogen) atoms. The van der Waals surface area contributed by atoms with Crippen LogP contribution in [0.1, 0.15) is 45.3 Å². The second-order valence-corrected chi connectivity index (χ2v) is 7.23. The van der Waals surface area contributed by atoms with Crippen molar-refractivity contribution in [3.63, 3.8) is 0 Å². The Morgan fingerprint density at radius 3 is 2.50 bits per heavy atom. The predicted octanol–water partition coefficient (Wildman–Crippen LogP) is 2.59. The fraction of sp³-hybridized carbons (Fsp3) is 0.786. The molecule has 104 valence electrons. The molecular weight excluding hydrogens is 244 g/mol. The molecule has 0 saturated heterocycles. The minimum atomic E-state index is -0.345. The van der Waals surface area contributed by atoms with Crippen LogP contribution in [0.25, 0.3) is 0 Å². The summed E-state index contributed by atoms with van der Waals surface area (Å²) in [5, 5.41) is 16.3. The largest absolute Gasteiger partial charge is 0.391 e. The minimum Gasteiger partial charge on any atom is -0.391 e. The highest BCUT2D eigenvalue weighted by molar-refractivity contribution is 7.09. The van der Waals surface area contributed by atoms with Gasteiger partial charge in [0.05, 0.1) is 16.8 Å². The van der Waals surface area contributed by atoms with Gasteiger partial charge in [-0.15, -0.1) is 11.3 Å². The van der Waals surface area contributed by atoms with E-state index in [0.717, 1.165) is 17.2 Å².